The zero-order chi connectivity index (χ0) is 27.7. The Labute approximate surface area is 262 Å². The standard InChI is InChI=1S/C24H26N2O2S.C8H8O2.Na/c1-16-21(25-2)22(29-26-16)19-8-6-17(7-9-19)18-10-12-20(13-11-18)24(23(27)28)14-4-3-5-15-24;9-7-10-6-8-4-2-1-3-5-8;/h6-13,25H,3-5,14-15H2,1-2H3,(H,27,28);1-5,7H,6H2;/q;;+1/p-1. The number of carbonyl (C=O) groups is 2. The van der Waals surface area contributed by atoms with E-state index in [-0.39, 0.29) is 29.6 Å². The van der Waals surface area contributed by atoms with Gasteiger partial charge in [-0.3, -0.25) is 4.79 Å². The molecule has 1 heterocycles. The predicted molar refractivity (Wildman–Crippen MR) is 154 cm³/mol. The van der Waals surface area contributed by atoms with E-state index in [4.69, 9.17) is 0 Å². The summed E-state index contributed by atoms with van der Waals surface area (Å²) in [5.41, 5.74) is 6.47. The topological polar surface area (TPSA) is 91.4 Å². The first kappa shape index (κ1) is 31.6. The van der Waals surface area contributed by atoms with Crippen molar-refractivity contribution >= 4 is 29.7 Å². The van der Waals surface area contributed by atoms with E-state index in [1.165, 1.54) is 11.5 Å². The molecule has 1 aliphatic rings. The first-order chi connectivity index (χ1) is 19.0. The van der Waals surface area contributed by atoms with Crippen LogP contribution in [0.15, 0.2) is 78.9 Å². The zero-order valence-electron chi connectivity index (χ0n) is 23.3. The maximum absolute atomic E-state index is 11.9. The van der Waals surface area contributed by atoms with Gasteiger partial charge in [-0.1, -0.05) is 98.1 Å². The number of aliphatic carboxylic acids is 1. The summed E-state index contributed by atoms with van der Waals surface area (Å²) in [6.07, 6.45) is 4.34. The molecule has 1 aliphatic carbocycles. The molecular weight excluding hydrogens is 531 g/mol. The van der Waals surface area contributed by atoms with Crippen molar-refractivity contribution in [1.29, 1.82) is 0 Å². The van der Waals surface area contributed by atoms with Gasteiger partial charge in [-0.05, 0) is 59.1 Å². The average molecular weight is 565 g/mol. The van der Waals surface area contributed by atoms with Gasteiger partial charge < -0.3 is 20.0 Å². The monoisotopic (exact) mass is 564 g/mol. The van der Waals surface area contributed by atoms with Crippen molar-refractivity contribution in [3.05, 3.63) is 95.7 Å². The van der Waals surface area contributed by atoms with Crippen molar-refractivity contribution in [3.63, 3.8) is 0 Å². The van der Waals surface area contributed by atoms with Crippen molar-refractivity contribution in [2.24, 2.45) is 0 Å². The predicted octanol–water partition coefficient (Wildman–Crippen LogP) is 3.14. The molecule has 0 radical (unpaired) electrons. The summed E-state index contributed by atoms with van der Waals surface area (Å²) in [5, 5.41) is 15.2. The fourth-order valence-corrected chi connectivity index (χ4v) is 6.03. The molecule has 202 valence electrons. The normalized spacial score (nSPS) is 13.7. The van der Waals surface area contributed by atoms with Gasteiger partial charge in [0.15, 0.2) is 0 Å². The quantitative estimate of drug-likeness (QED) is 0.261. The molecule has 5 rings (SSSR count). The zero-order valence-corrected chi connectivity index (χ0v) is 26.1. The van der Waals surface area contributed by atoms with Gasteiger partial charge in [0.1, 0.15) is 6.61 Å². The molecule has 0 amide bonds. The number of carboxylic acids is 1. The van der Waals surface area contributed by atoms with Gasteiger partial charge in [0, 0.05) is 12.5 Å². The van der Waals surface area contributed by atoms with Crippen molar-refractivity contribution in [3.8, 4) is 21.6 Å². The first-order valence-corrected chi connectivity index (χ1v) is 13.9. The minimum Gasteiger partial charge on any atom is -0.549 e. The van der Waals surface area contributed by atoms with Crippen LogP contribution < -0.4 is 40.0 Å². The molecule has 1 aromatic heterocycles. The third-order valence-corrected chi connectivity index (χ3v) is 8.28. The minimum atomic E-state index is -0.936. The molecule has 1 N–H and O–H groups in total. The van der Waals surface area contributed by atoms with Crippen molar-refractivity contribution in [2.75, 3.05) is 12.4 Å². The largest absolute Gasteiger partial charge is 1.00 e. The SMILES string of the molecule is CNc1c(C)nsc1-c1ccc(-c2ccc(C3(C(=O)[O-])CCCCC3)cc2)cc1.O=COCc1ccccc1.[Na+]. The van der Waals surface area contributed by atoms with Crippen LogP contribution in [0.25, 0.3) is 21.6 Å². The van der Waals surface area contributed by atoms with Gasteiger partial charge in [0.2, 0.25) is 0 Å². The molecule has 6 nitrogen and oxygen atoms in total. The van der Waals surface area contributed by atoms with E-state index in [0.717, 1.165) is 63.3 Å². The third kappa shape index (κ3) is 7.40. The molecular formula is C32H33N2NaO4S. The third-order valence-electron chi connectivity index (χ3n) is 7.29. The van der Waals surface area contributed by atoms with Crippen LogP contribution in [0.4, 0.5) is 5.69 Å². The molecule has 8 heteroatoms. The van der Waals surface area contributed by atoms with E-state index >= 15 is 0 Å². The Morgan fingerprint density at radius 3 is 2.08 bits per heavy atom. The van der Waals surface area contributed by atoms with Crippen LogP contribution in [0.3, 0.4) is 0 Å². The molecule has 0 bridgehead atoms. The Kier molecular flexibility index (Phi) is 11.9. The van der Waals surface area contributed by atoms with E-state index in [0.29, 0.717) is 25.9 Å². The molecule has 1 saturated carbocycles. The van der Waals surface area contributed by atoms with Gasteiger partial charge in [0.05, 0.1) is 22.2 Å². The molecule has 0 atom stereocenters. The van der Waals surface area contributed by atoms with E-state index in [2.05, 4.69) is 38.7 Å². The number of benzene rings is 3. The van der Waals surface area contributed by atoms with Gasteiger partial charge >= 0.3 is 29.6 Å². The fourth-order valence-electron chi connectivity index (χ4n) is 5.13. The smallest absolute Gasteiger partial charge is 0.549 e. The summed E-state index contributed by atoms with van der Waals surface area (Å²) < 4.78 is 8.98. The fraction of sp³-hybridized carbons (Fsp3) is 0.281. The summed E-state index contributed by atoms with van der Waals surface area (Å²) in [7, 11) is 1.92. The summed E-state index contributed by atoms with van der Waals surface area (Å²) in [6, 6.07) is 26.0. The van der Waals surface area contributed by atoms with Crippen LogP contribution in [-0.2, 0) is 26.3 Å². The number of nitrogens with zero attached hydrogens (tertiary/aromatic N) is 1. The molecule has 0 saturated heterocycles. The van der Waals surface area contributed by atoms with Crippen molar-refractivity contribution in [2.45, 2.75) is 51.0 Å². The van der Waals surface area contributed by atoms with E-state index in [1.54, 1.807) is 0 Å². The van der Waals surface area contributed by atoms with Crippen molar-refractivity contribution < 1.29 is 49.0 Å². The number of hydrogen-bond donors (Lipinski definition) is 1. The maximum atomic E-state index is 11.9. The minimum absolute atomic E-state index is 0. The summed E-state index contributed by atoms with van der Waals surface area (Å²) in [5.74, 6) is -0.936. The Balaban J connectivity index is 0.000000340. The Hall–Kier alpha value is -2.97. The first-order valence-electron chi connectivity index (χ1n) is 13.1. The summed E-state index contributed by atoms with van der Waals surface area (Å²) in [6.45, 7) is 2.82. The number of carbonyl (C=O) groups excluding carboxylic acids is 2. The van der Waals surface area contributed by atoms with Crippen molar-refractivity contribution in [1.82, 2.24) is 4.37 Å². The molecule has 0 aliphatic heterocycles. The molecule has 4 aromatic rings. The van der Waals surface area contributed by atoms with Crippen LogP contribution >= 0.6 is 11.5 Å². The molecule has 40 heavy (non-hydrogen) atoms. The number of aromatic nitrogens is 1. The average Bonchev–Trinajstić information content (AvgIpc) is 3.37. The second kappa shape index (κ2) is 15.1. The molecule has 0 unspecified atom stereocenters. The molecule has 0 spiro atoms. The summed E-state index contributed by atoms with van der Waals surface area (Å²) >= 11 is 1.50. The number of ether oxygens (including phenoxy) is 1. The molecule has 3 aromatic carbocycles. The Morgan fingerprint density at radius 1 is 0.950 bits per heavy atom. The van der Waals surface area contributed by atoms with Gasteiger partial charge in [-0.2, -0.15) is 4.37 Å². The number of rotatable bonds is 8. The molecule has 1 fully saturated rings. The van der Waals surface area contributed by atoms with E-state index < -0.39 is 11.4 Å². The maximum Gasteiger partial charge on any atom is 1.00 e. The summed E-state index contributed by atoms with van der Waals surface area (Å²) in [4.78, 5) is 22.8. The van der Waals surface area contributed by atoms with Crippen LogP contribution in [-0.4, -0.2) is 23.9 Å². The van der Waals surface area contributed by atoms with E-state index in [1.807, 2.05) is 68.6 Å². The van der Waals surface area contributed by atoms with Gasteiger partial charge in [-0.15, -0.1) is 0 Å². The number of carboxylic acid groups (broad SMARTS) is 1. The number of anilines is 1. The number of nitrogens with one attached hydrogen (secondary N) is 1. The van der Waals surface area contributed by atoms with Crippen LogP contribution in [0.5, 0.6) is 0 Å². The van der Waals surface area contributed by atoms with E-state index in [9.17, 15) is 14.7 Å². The van der Waals surface area contributed by atoms with Crippen LogP contribution in [0.1, 0.15) is 48.9 Å². The number of hydrogen-bond acceptors (Lipinski definition) is 7. The van der Waals surface area contributed by atoms with Crippen LogP contribution in [0, 0.1) is 6.92 Å². The van der Waals surface area contributed by atoms with Gasteiger partial charge in [0.25, 0.3) is 6.47 Å². The van der Waals surface area contributed by atoms with Crippen LogP contribution in [0.2, 0.25) is 0 Å². The Morgan fingerprint density at radius 2 is 1.52 bits per heavy atom. The van der Waals surface area contributed by atoms with Gasteiger partial charge in [-0.25, -0.2) is 0 Å². The Bertz CT molecular complexity index is 1370. The second-order valence-electron chi connectivity index (χ2n) is 9.70. The number of aryl methyl sites for hydroxylation is 1. The second-order valence-corrected chi connectivity index (χ2v) is 10.5.